The largest absolute Gasteiger partial charge is 0.228 e. The lowest BCUT2D eigenvalue weighted by Crippen LogP contribution is -1.91. The first-order valence-electron chi connectivity index (χ1n) is 5.32. The SMILES string of the molecule is Brc1nc(-c2ccccc2)nc2ccccc12. The molecule has 0 atom stereocenters. The smallest absolute Gasteiger partial charge is 0.161 e. The Kier molecular flexibility index (Phi) is 2.61. The van der Waals surface area contributed by atoms with Crippen molar-refractivity contribution in [2.45, 2.75) is 0 Å². The van der Waals surface area contributed by atoms with E-state index < -0.39 is 0 Å². The Hall–Kier alpha value is -1.74. The zero-order chi connectivity index (χ0) is 11.7. The Morgan fingerprint density at radius 2 is 1.47 bits per heavy atom. The summed E-state index contributed by atoms with van der Waals surface area (Å²) in [4.78, 5) is 9.04. The monoisotopic (exact) mass is 284 g/mol. The van der Waals surface area contributed by atoms with E-state index >= 15 is 0 Å². The maximum atomic E-state index is 4.57. The Labute approximate surface area is 107 Å². The van der Waals surface area contributed by atoms with Crippen LogP contribution in [0.25, 0.3) is 22.3 Å². The summed E-state index contributed by atoms with van der Waals surface area (Å²) in [6, 6.07) is 18.0. The van der Waals surface area contributed by atoms with Crippen LogP contribution in [0.1, 0.15) is 0 Å². The van der Waals surface area contributed by atoms with E-state index in [0.717, 1.165) is 26.9 Å². The van der Waals surface area contributed by atoms with Gasteiger partial charge in [-0.3, -0.25) is 0 Å². The second kappa shape index (κ2) is 4.26. The molecule has 1 heterocycles. The number of halogens is 1. The Balaban J connectivity index is 2.26. The molecule has 0 aliphatic heterocycles. The summed E-state index contributed by atoms with van der Waals surface area (Å²) in [7, 11) is 0. The molecule has 0 saturated heterocycles. The fourth-order valence-electron chi connectivity index (χ4n) is 1.75. The van der Waals surface area contributed by atoms with Crippen molar-refractivity contribution in [1.29, 1.82) is 0 Å². The van der Waals surface area contributed by atoms with Crippen LogP contribution < -0.4 is 0 Å². The highest BCUT2D eigenvalue weighted by Gasteiger charge is 2.06. The van der Waals surface area contributed by atoms with Crippen LogP contribution in [0, 0.1) is 0 Å². The Morgan fingerprint density at radius 1 is 0.765 bits per heavy atom. The van der Waals surface area contributed by atoms with E-state index in [-0.39, 0.29) is 0 Å². The quantitative estimate of drug-likeness (QED) is 0.630. The van der Waals surface area contributed by atoms with Crippen LogP contribution in [-0.4, -0.2) is 9.97 Å². The zero-order valence-corrected chi connectivity index (χ0v) is 10.6. The normalized spacial score (nSPS) is 10.6. The lowest BCUT2D eigenvalue weighted by Gasteiger charge is -2.04. The van der Waals surface area contributed by atoms with Crippen molar-refractivity contribution < 1.29 is 0 Å². The summed E-state index contributed by atoms with van der Waals surface area (Å²) < 4.78 is 0.835. The van der Waals surface area contributed by atoms with E-state index in [9.17, 15) is 0 Å². The molecule has 3 rings (SSSR count). The molecule has 0 bridgehead atoms. The third-order valence-electron chi connectivity index (χ3n) is 2.59. The molecule has 0 fully saturated rings. The first kappa shape index (κ1) is 10.4. The first-order valence-corrected chi connectivity index (χ1v) is 6.11. The Bertz CT molecular complexity index is 665. The van der Waals surface area contributed by atoms with Gasteiger partial charge in [-0.25, -0.2) is 9.97 Å². The molecule has 0 spiro atoms. The molecular weight excluding hydrogens is 276 g/mol. The third-order valence-corrected chi connectivity index (χ3v) is 3.19. The van der Waals surface area contributed by atoms with Crippen LogP contribution in [0.2, 0.25) is 0 Å². The molecule has 0 N–H and O–H groups in total. The summed E-state index contributed by atoms with van der Waals surface area (Å²) in [6.07, 6.45) is 0. The average molecular weight is 285 g/mol. The van der Waals surface area contributed by atoms with Gasteiger partial charge in [-0.2, -0.15) is 0 Å². The molecule has 17 heavy (non-hydrogen) atoms. The van der Waals surface area contributed by atoms with E-state index in [1.54, 1.807) is 0 Å². The van der Waals surface area contributed by atoms with Crippen molar-refractivity contribution in [3.63, 3.8) is 0 Å². The molecule has 82 valence electrons. The van der Waals surface area contributed by atoms with Gasteiger partial charge in [0.15, 0.2) is 5.82 Å². The highest BCUT2D eigenvalue weighted by Crippen LogP contribution is 2.24. The fourth-order valence-corrected chi connectivity index (χ4v) is 2.26. The summed E-state index contributed by atoms with van der Waals surface area (Å²) in [5, 5.41) is 1.03. The van der Waals surface area contributed by atoms with Crippen LogP contribution in [0.4, 0.5) is 0 Å². The van der Waals surface area contributed by atoms with E-state index in [4.69, 9.17) is 0 Å². The molecule has 0 radical (unpaired) electrons. The molecule has 2 aromatic carbocycles. The minimum Gasteiger partial charge on any atom is -0.228 e. The van der Waals surface area contributed by atoms with Crippen molar-refractivity contribution >= 4 is 26.8 Å². The number of aromatic nitrogens is 2. The van der Waals surface area contributed by atoms with Crippen molar-refractivity contribution in [2.75, 3.05) is 0 Å². The summed E-state index contributed by atoms with van der Waals surface area (Å²) in [5.41, 5.74) is 1.98. The second-order valence-electron chi connectivity index (χ2n) is 3.72. The van der Waals surface area contributed by atoms with Crippen LogP contribution in [-0.2, 0) is 0 Å². The number of para-hydroxylation sites is 1. The molecule has 3 heteroatoms. The van der Waals surface area contributed by atoms with Crippen molar-refractivity contribution in [2.24, 2.45) is 0 Å². The van der Waals surface area contributed by atoms with Gasteiger partial charge in [0, 0.05) is 10.9 Å². The summed E-state index contributed by atoms with van der Waals surface area (Å²) in [6.45, 7) is 0. The number of fused-ring (bicyclic) bond motifs is 1. The van der Waals surface area contributed by atoms with Gasteiger partial charge in [0.1, 0.15) is 4.60 Å². The second-order valence-corrected chi connectivity index (χ2v) is 4.47. The van der Waals surface area contributed by atoms with Gasteiger partial charge in [0.2, 0.25) is 0 Å². The van der Waals surface area contributed by atoms with Crippen molar-refractivity contribution in [3.05, 3.63) is 59.2 Å². The highest BCUT2D eigenvalue weighted by atomic mass is 79.9. The number of nitrogens with zero attached hydrogens (tertiary/aromatic N) is 2. The lowest BCUT2D eigenvalue weighted by atomic mass is 10.2. The summed E-state index contributed by atoms with van der Waals surface area (Å²) in [5.74, 6) is 0.746. The topological polar surface area (TPSA) is 25.8 Å². The highest BCUT2D eigenvalue weighted by molar-refractivity contribution is 9.10. The maximum Gasteiger partial charge on any atom is 0.161 e. The number of hydrogen-bond donors (Lipinski definition) is 0. The first-order chi connectivity index (χ1) is 8.34. The van der Waals surface area contributed by atoms with E-state index in [1.807, 2.05) is 54.6 Å². The molecule has 3 aromatic rings. The maximum absolute atomic E-state index is 4.57. The van der Waals surface area contributed by atoms with Crippen LogP contribution in [0.15, 0.2) is 59.2 Å². The molecule has 0 saturated carbocycles. The minimum atomic E-state index is 0.746. The molecule has 0 amide bonds. The third kappa shape index (κ3) is 1.94. The molecule has 1 aromatic heterocycles. The van der Waals surface area contributed by atoms with Gasteiger partial charge >= 0.3 is 0 Å². The van der Waals surface area contributed by atoms with Crippen molar-refractivity contribution in [1.82, 2.24) is 9.97 Å². The molecule has 2 nitrogen and oxygen atoms in total. The van der Waals surface area contributed by atoms with Crippen molar-refractivity contribution in [3.8, 4) is 11.4 Å². The van der Waals surface area contributed by atoms with E-state index in [0.29, 0.717) is 0 Å². The van der Waals surface area contributed by atoms with Gasteiger partial charge in [0.05, 0.1) is 5.52 Å². The molecule has 0 aliphatic rings. The van der Waals surface area contributed by atoms with Gasteiger partial charge in [-0.05, 0) is 22.0 Å². The molecule has 0 aliphatic carbocycles. The predicted molar refractivity (Wildman–Crippen MR) is 72.7 cm³/mol. The average Bonchev–Trinajstić information content (AvgIpc) is 2.40. The molecule has 0 unspecified atom stereocenters. The zero-order valence-electron chi connectivity index (χ0n) is 8.97. The number of hydrogen-bond acceptors (Lipinski definition) is 2. The van der Waals surface area contributed by atoms with E-state index in [2.05, 4.69) is 25.9 Å². The number of rotatable bonds is 1. The van der Waals surface area contributed by atoms with E-state index in [1.165, 1.54) is 0 Å². The standard InChI is InChI=1S/C14H9BrN2/c15-13-11-8-4-5-9-12(11)16-14(17-13)10-6-2-1-3-7-10/h1-9H. The molecular formula is C14H9BrN2. The predicted octanol–water partition coefficient (Wildman–Crippen LogP) is 4.06. The lowest BCUT2D eigenvalue weighted by molar-refractivity contribution is 1.20. The van der Waals surface area contributed by atoms with Crippen LogP contribution in [0.3, 0.4) is 0 Å². The van der Waals surface area contributed by atoms with Gasteiger partial charge in [-0.15, -0.1) is 0 Å². The van der Waals surface area contributed by atoms with Crippen LogP contribution >= 0.6 is 15.9 Å². The Morgan fingerprint density at radius 3 is 2.29 bits per heavy atom. The number of benzene rings is 2. The van der Waals surface area contributed by atoms with Gasteiger partial charge < -0.3 is 0 Å². The van der Waals surface area contributed by atoms with Gasteiger partial charge in [-0.1, -0.05) is 48.5 Å². The minimum absolute atomic E-state index is 0.746. The van der Waals surface area contributed by atoms with Gasteiger partial charge in [0.25, 0.3) is 0 Å². The summed E-state index contributed by atoms with van der Waals surface area (Å²) >= 11 is 3.49. The fraction of sp³-hybridized carbons (Fsp3) is 0. The van der Waals surface area contributed by atoms with Crippen LogP contribution in [0.5, 0.6) is 0 Å².